The fourth-order valence-electron chi connectivity index (χ4n) is 2.65. The number of aromatic nitrogens is 4. The summed E-state index contributed by atoms with van der Waals surface area (Å²) in [5.41, 5.74) is -2.19. The molecule has 26 heavy (non-hydrogen) atoms. The van der Waals surface area contributed by atoms with Crippen LogP contribution in [-0.4, -0.2) is 27.7 Å². The Balaban J connectivity index is 2.39. The lowest BCUT2D eigenvalue weighted by Gasteiger charge is -2.12. The van der Waals surface area contributed by atoms with Crippen LogP contribution < -0.4 is 16.4 Å². The third kappa shape index (κ3) is 3.15. The van der Waals surface area contributed by atoms with Crippen LogP contribution in [0.5, 0.6) is 0 Å². The lowest BCUT2D eigenvalue weighted by molar-refractivity contribution is 0.152. The molecule has 0 aliphatic rings. The molecule has 12 heteroatoms. The molecule has 0 aliphatic heterocycles. The number of fused-ring (bicyclic) bond motifs is 1. The quantitative estimate of drug-likeness (QED) is 0.665. The monoisotopic (exact) mass is 385 g/mol. The van der Waals surface area contributed by atoms with Gasteiger partial charge < -0.3 is 4.98 Å². The van der Waals surface area contributed by atoms with E-state index in [-0.39, 0.29) is 16.5 Å². The summed E-state index contributed by atoms with van der Waals surface area (Å²) in [6.07, 6.45) is -1.47. The first kappa shape index (κ1) is 17.9. The van der Waals surface area contributed by atoms with Gasteiger partial charge in [-0.15, -0.1) is 0 Å². The molecule has 0 bridgehead atoms. The molecule has 3 aromatic rings. The third-order valence-corrected chi connectivity index (χ3v) is 4.41. The van der Waals surface area contributed by atoms with Gasteiger partial charge in [0, 0.05) is 24.4 Å². The number of nitrogens with two attached hydrogens (primary N) is 1. The molecule has 0 amide bonds. The highest BCUT2D eigenvalue weighted by molar-refractivity contribution is 7.88. The van der Waals surface area contributed by atoms with Crippen molar-refractivity contribution in [2.45, 2.75) is 12.3 Å². The number of nitrogens with zero attached hydrogens (tertiary/aromatic N) is 3. The number of aromatic amines is 1. The van der Waals surface area contributed by atoms with E-state index in [2.05, 4.69) is 10.1 Å². The fourth-order valence-corrected chi connectivity index (χ4v) is 3.25. The Hall–Kier alpha value is -2.86. The number of rotatable bonds is 4. The van der Waals surface area contributed by atoms with Crippen LogP contribution in [0.15, 0.2) is 34.0 Å². The first-order valence-corrected chi connectivity index (χ1v) is 8.88. The van der Waals surface area contributed by atoms with Gasteiger partial charge in [0.15, 0.2) is 0 Å². The van der Waals surface area contributed by atoms with Gasteiger partial charge in [0.1, 0.15) is 5.88 Å². The number of nitrogens with one attached hydrogen (secondary N) is 1. The van der Waals surface area contributed by atoms with E-state index >= 15 is 0 Å². The summed E-state index contributed by atoms with van der Waals surface area (Å²) < 4.78 is 51.2. The Labute approximate surface area is 144 Å². The van der Waals surface area contributed by atoms with Crippen molar-refractivity contribution in [3.63, 3.8) is 0 Å². The standard InChI is InChI=1S/C14H13F2N5O4S/c1-20-11(2-3-18-20)7-4-9-10(5-8(7)12(15)16)19-14(23)21(13(9)22)6-26(17,24)25/h2-5,12H,6H2,1H3,(H,19,23)(H2,17,24,25). The highest BCUT2D eigenvalue weighted by atomic mass is 32.2. The van der Waals surface area contributed by atoms with E-state index in [1.54, 1.807) is 7.05 Å². The molecule has 0 fully saturated rings. The van der Waals surface area contributed by atoms with Crippen LogP contribution in [0.4, 0.5) is 8.78 Å². The van der Waals surface area contributed by atoms with E-state index in [0.29, 0.717) is 10.3 Å². The average molecular weight is 385 g/mol. The summed E-state index contributed by atoms with van der Waals surface area (Å²) >= 11 is 0. The number of primary sulfonamides is 1. The number of alkyl halides is 2. The van der Waals surface area contributed by atoms with Crippen LogP contribution in [0.1, 0.15) is 12.0 Å². The molecule has 0 atom stereocenters. The van der Waals surface area contributed by atoms with Crippen molar-refractivity contribution >= 4 is 20.9 Å². The van der Waals surface area contributed by atoms with Crippen LogP contribution in [0, 0.1) is 0 Å². The number of aryl methyl sites for hydroxylation is 1. The van der Waals surface area contributed by atoms with Gasteiger partial charge in [0.2, 0.25) is 10.0 Å². The molecule has 138 valence electrons. The minimum absolute atomic E-state index is 0.0406. The molecule has 3 N–H and O–H groups in total. The lowest BCUT2D eigenvalue weighted by atomic mass is 10.0. The number of hydrogen-bond donors (Lipinski definition) is 2. The van der Waals surface area contributed by atoms with Gasteiger partial charge in [-0.05, 0) is 18.2 Å². The van der Waals surface area contributed by atoms with Gasteiger partial charge in [-0.3, -0.25) is 9.48 Å². The first-order chi connectivity index (χ1) is 12.1. The van der Waals surface area contributed by atoms with E-state index in [0.717, 1.165) is 6.07 Å². The van der Waals surface area contributed by atoms with Crippen molar-refractivity contribution in [2.75, 3.05) is 0 Å². The Kier molecular flexibility index (Phi) is 4.24. The topological polar surface area (TPSA) is 133 Å². The van der Waals surface area contributed by atoms with Gasteiger partial charge in [-0.25, -0.2) is 31.7 Å². The molecule has 2 heterocycles. The summed E-state index contributed by atoms with van der Waals surface area (Å²) in [7, 11) is -2.62. The van der Waals surface area contributed by atoms with Crippen molar-refractivity contribution in [3.8, 4) is 11.3 Å². The number of sulfonamides is 1. The maximum absolute atomic E-state index is 13.5. The number of H-pyrrole nitrogens is 1. The largest absolute Gasteiger partial charge is 0.329 e. The Morgan fingerprint density at radius 3 is 2.54 bits per heavy atom. The smallest absolute Gasteiger partial charge is 0.307 e. The minimum Gasteiger partial charge on any atom is -0.307 e. The molecule has 0 aliphatic carbocycles. The van der Waals surface area contributed by atoms with Crippen LogP contribution >= 0.6 is 0 Å². The van der Waals surface area contributed by atoms with Crippen molar-refractivity contribution in [3.05, 3.63) is 50.8 Å². The highest BCUT2D eigenvalue weighted by Gasteiger charge is 2.20. The van der Waals surface area contributed by atoms with E-state index in [4.69, 9.17) is 5.14 Å². The molecular formula is C14H13F2N5O4S. The van der Waals surface area contributed by atoms with Gasteiger partial charge in [0.25, 0.3) is 12.0 Å². The minimum atomic E-state index is -4.16. The number of hydrogen-bond acceptors (Lipinski definition) is 5. The zero-order valence-electron chi connectivity index (χ0n) is 13.3. The first-order valence-electron chi connectivity index (χ1n) is 7.16. The molecule has 0 radical (unpaired) electrons. The Morgan fingerprint density at radius 1 is 1.31 bits per heavy atom. The van der Waals surface area contributed by atoms with E-state index < -0.39 is 39.1 Å². The SMILES string of the molecule is Cn1nccc1-c1cc2c(=O)n(CS(N)(=O)=O)c(=O)[nH]c2cc1C(F)F. The Bertz CT molecular complexity index is 1230. The lowest BCUT2D eigenvalue weighted by Crippen LogP contribution is -2.38. The van der Waals surface area contributed by atoms with Crippen molar-refractivity contribution in [2.24, 2.45) is 12.2 Å². The van der Waals surface area contributed by atoms with Crippen molar-refractivity contribution < 1.29 is 17.2 Å². The zero-order valence-corrected chi connectivity index (χ0v) is 14.1. The predicted molar refractivity (Wildman–Crippen MR) is 89.1 cm³/mol. The third-order valence-electron chi connectivity index (χ3n) is 3.79. The van der Waals surface area contributed by atoms with Gasteiger partial charge in [-0.2, -0.15) is 5.10 Å². The molecule has 3 rings (SSSR count). The predicted octanol–water partition coefficient (Wildman–Crippen LogP) is 0.274. The maximum Gasteiger partial charge on any atom is 0.329 e. The van der Waals surface area contributed by atoms with Crippen LogP contribution in [0.3, 0.4) is 0 Å². The van der Waals surface area contributed by atoms with E-state index in [9.17, 15) is 26.8 Å². The number of benzene rings is 1. The molecule has 0 saturated heterocycles. The van der Waals surface area contributed by atoms with Gasteiger partial charge in [0.05, 0.1) is 16.6 Å². The summed E-state index contributed by atoms with van der Waals surface area (Å²) in [5.74, 6) is -1.03. The van der Waals surface area contributed by atoms with Crippen LogP contribution in [-0.2, 0) is 22.9 Å². The fraction of sp³-hybridized carbons (Fsp3) is 0.214. The summed E-state index contributed by atoms with van der Waals surface area (Å²) in [6.45, 7) is 0. The summed E-state index contributed by atoms with van der Waals surface area (Å²) in [6, 6.07) is 3.65. The molecule has 1 aromatic carbocycles. The second-order valence-electron chi connectivity index (χ2n) is 5.58. The van der Waals surface area contributed by atoms with Gasteiger partial charge >= 0.3 is 5.69 Å². The van der Waals surface area contributed by atoms with Crippen LogP contribution in [0.2, 0.25) is 0 Å². The normalized spacial score (nSPS) is 12.2. The molecule has 0 unspecified atom stereocenters. The second-order valence-corrected chi connectivity index (χ2v) is 7.17. The Morgan fingerprint density at radius 2 is 2.00 bits per heavy atom. The van der Waals surface area contributed by atoms with E-state index in [1.165, 1.54) is 23.0 Å². The molecule has 2 aromatic heterocycles. The highest BCUT2D eigenvalue weighted by Crippen LogP contribution is 2.32. The number of halogens is 2. The molecule has 0 saturated carbocycles. The molecule has 0 spiro atoms. The second kappa shape index (κ2) is 6.14. The van der Waals surface area contributed by atoms with E-state index in [1.807, 2.05) is 0 Å². The maximum atomic E-state index is 13.5. The van der Waals surface area contributed by atoms with Crippen LogP contribution in [0.25, 0.3) is 22.2 Å². The molecular weight excluding hydrogens is 372 g/mol. The molecule has 9 nitrogen and oxygen atoms in total. The van der Waals surface area contributed by atoms with Crippen molar-refractivity contribution in [1.82, 2.24) is 19.3 Å². The average Bonchev–Trinajstić information content (AvgIpc) is 2.95. The summed E-state index contributed by atoms with van der Waals surface area (Å²) in [4.78, 5) is 26.7. The van der Waals surface area contributed by atoms with Gasteiger partial charge in [-0.1, -0.05) is 0 Å². The summed E-state index contributed by atoms with van der Waals surface area (Å²) in [5, 5.41) is 8.67. The zero-order chi connectivity index (χ0) is 19.2. The van der Waals surface area contributed by atoms with Crippen molar-refractivity contribution in [1.29, 1.82) is 0 Å².